The first-order valence-electron chi connectivity index (χ1n) is 9.29. The number of halogens is 5. The summed E-state index contributed by atoms with van der Waals surface area (Å²) in [6.07, 6.45) is -5.30. The van der Waals surface area contributed by atoms with Gasteiger partial charge in [0.1, 0.15) is 5.82 Å². The Morgan fingerprint density at radius 1 is 1.29 bits per heavy atom. The molecule has 5 nitrogen and oxygen atoms in total. The van der Waals surface area contributed by atoms with Crippen LogP contribution in [0.15, 0.2) is 30.3 Å². The molecule has 166 valence electrons. The van der Waals surface area contributed by atoms with Gasteiger partial charge in [0.15, 0.2) is 0 Å². The molecule has 1 aliphatic heterocycles. The van der Waals surface area contributed by atoms with Crippen LogP contribution >= 0.6 is 11.6 Å². The van der Waals surface area contributed by atoms with Crippen LogP contribution in [0.5, 0.6) is 0 Å². The van der Waals surface area contributed by atoms with Crippen molar-refractivity contribution in [3.8, 4) is 0 Å². The molecule has 0 saturated carbocycles. The fraction of sp³-hybridized carbons (Fsp3) is 0.333. The number of hydrogen-bond donors (Lipinski definition) is 1. The molecule has 1 atom stereocenters. The zero-order chi connectivity index (χ0) is 22.9. The molecular weight excluding hydrogens is 440 g/mol. The number of anilines is 1. The summed E-state index contributed by atoms with van der Waals surface area (Å²) in [6.45, 7) is 2.34. The number of hydrogen-bond acceptors (Lipinski definition) is 3. The van der Waals surface area contributed by atoms with E-state index in [1.807, 2.05) is 6.92 Å². The highest BCUT2D eigenvalue weighted by atomic mass is 35.5. The zero-order valence-electron chi connectivity index (χ0n) is 16.6. The van der Waals surface area contributed by atoms with Gasteiger partial charge in [-0.2, -0.15) is 13.2 Å². The molecular formula is C21H19ClF4N2O3. The Bertz CT molecular complexity index is 1030. The number of nitrogens with zero attached hydrogens (tertiary/aromatic N) is 1. The number of amides is 2. The third kappa shape index (κ3) is 4.83. The van der Waals surface area contributed by atoms with E-state index in [-0.39, 0.29) is 34.8 Å². The van der Waals surface area contributed by atoms with E-state index < -0.39 is 29.9 Å². The number of carbonyl (C=O) groups excluding carboxylic acids is 2. The van der Waals surface area contributed by atoms with Gasteiger partial charge in [0, 0.05) is 24.8 Å². The van der Waals surface area contributed by atoms with Crippen molar-refractivity contribution in [2.75, 3.05) is 19.0 Å². The molecule has 0 aromatic heterocycles. The quantitative estimate of drug-likeness (QED) is 0.640. The van der Waals surface area contributed by atoms with Gasteiger partial charge >= 0.3 is 6.18 Å². The number of rotatable bonds is 6. The summed E-state index contributed by atoms with van der Waals surface area (Å²) in [7, 11) is 1.52. The van der Waals surface area contributed by atoms with Crippen LogP contribution < -0.4 is 5.32 Å². The van der Waals surface area contributed by atoms with E-state index in [9.17, 15) is 27.2 Å². The highest BCUT2D eigenvalue weighted by Crippen LogP contribution is 2.36. The Balaban J connectivity index is 1.82. The predicted octanol–water partition coefficient (Wildman–Crippen LogP) is 4.67. The van der Waals surface area contributed by atoms with Crippen LogP contribution in [0.1, 0.15) is 34.0 Å². The normalized spacial score (nSPS) is 14.5. The topological polar surface area (TPSA) is 58.6 Å². The van der Waals surface area contributed by atoms with Gasteiger partial charge in [0.05, 0.1) is 35.3 Å². The van der Waals surface area contributed by atoms with E-state index in [0.717, 1.165) is 6.07 Å². The molecule has 0 unspecified atom stereocenters. The van der Waals surface area contributed by atoms with Crippen LogP contribution in [-0.4, -0.2) is 36.5 Å². The molecule has 2 aromatic rings. The number of methoxy groups -OCH3 is 1. The highest BCUT2D eigenvalue weighted by molar-refractivity contribution is 6.34. The van der Waals surface area contributed by atoms with Crippen molar-refractivity contribution in [2.45, 2.75) is 32.1 Å². The maximum absolute atomic E-state index is 13.5. The maximum Gasteiger partial charge on any atom is 0.419 e. The SMILES string of the molecule is COC[C@@H](C)N1Cc2c(ccc(Cl)c2NC(=O)Cc2ccc(F)c(C(F)(F)F)c2)C1=O. The lowest BCUT2D eigenvalue weighted by Crippen LogP contribution is -2.36. The van der Waals surface area contributed by atoms with Crippen LogP contribution in [0, 0.1) is 5.82 Å². The van der Waals surface area contributed by atoms with E-state index >= 15 is 0 Å². The second kappa shape index (κ2) is 8.84. The number of fused-ring (bicyclic) bond motifs is 1. The van der Waals surface area contributed by atoms with Crippen LogP contribution in [0.3, 0.4) is 0 Å². The Kier molecular flexibility index (Phi) is 6.56. The number of alkyl halides is 3. The first kappa shape index (κ1) is 23.0. The molecule has 2 amide bonds. The Hall–Kier alpha value is -2.65. The summed E-state index contributed by atoms with van der Waals surface area (Å²) in [4.78, 5) is 26.8. The number of carbonyl (C=O) groups is 2. The van der Waals surface area contributed by atoms with E-state index in [0.29, 0.717) is 29.9 Å². The van der Waals surface area contributed by atoms with Crippen molar-refractivity contribution in [3.63, 3.8) is 0 Å². The fourth-order valence-corrected chi connectivity index (χ4v) is 3.70. The summed E-state index contributed by atoms with van der Waals surface area (Å²) >= 11 is 6.23. The van der Waals surface area contributed by atoms with Gasteiger partial charge in [-0.25, -0.2) is 4.39 Å². The molecule has 1 heterocycles. The van der Waals surface area contributed by atoms with Crippen LogP contribution in [-0.2, 0) is 28.7 Å². The van der Waals surface area contributed by atoms with E-state index in [1.54, 1.807) is 11.0 Å². The smallest absolute Gasteiger partial charge is 0.383 e. The minimum atomic E-state index is -4.87. The minimum Gasteiger partial charge on any atom is -0.383 e. The number of benzene rings is 2. The molecule has 31 heavy (non-hydrogen) atoms. The van der Waals surface area contributed by atoms with Gasteiger partial charge in [-0.1, -0.05) is 17.7 Å². The van der Waals surface area contributed by atoms with Crippen molar-refractivity contribution in [1.82, 2.24) is 4.90 Å². The first-order valence-corrected chi connectivity index (χ1v) is 9.67. The van der Waals surface area contributed by atoms with Gasteiger partial charge < -0.3 is 15.0 Å². The van der Waals surface area contributed by atoms with E-state index in [4.69, 9.17) is 16.3 Å². The monoisotopic (exact) mass is 458 g/mol. The van der Waals surface area contributed by atoms with Crippen molar-refractivity contribution in [3.05, 3.63) is 63.4 Å². The Morgan fingerprint density at radius 3 is 2.65 bits per heavy atom. The molecule has 3 rings (SSSR count). The average molecular weight is 459 g/mol. The molecule has 0 fully saturated rings. The lowest BCUT2D eigenvalue weighted by Gasteiger charge is -2.23. The molecule has 1 aliphatic rings. The molecule has 1 N–H and O–H groups in total. The van der Waals surface area contributed by atoms with Crippen molar-refractivity contribution in [1.29, 1.82) is 0 Å². The standard InChI is InChI=1S/C21H19ClF4N2O3/c1-11(10-31-2)28-9-14-13(20(28)30)4-5-16(22)19(14)27-18(29)8-12-3-6-17(23)15(7-12)21(24,25)26/h3-7,11H,8-10H2,1-2H3,(H,27,29)/t11-/m1/s1. The number of nitrogens with one attached hydrogen (secondary N) is 1. The molecule has 2 aromatic carbocycles. The second-order valence-corrected chi connectivity index (χ2v) is 7.63. The molecule has 0 aliphatic carbocycles. The predicted molar refractivity (Wildman–Crippen MR) is 106 cm³/mol. The van der Waals surface area contributed by atoms with Crippen molar-refractivity contribution >= 4 is 29.1 Å². The maximum atomic E-state index is 13.5. The Morgan fingerprint density at radius 2 is 2.00 bits per heavy atom. The molecule has 0 spiro atoms. The molecule has 0 radical (unpaired) electrons. The lowest BCUT2D eigenvalue weighted by atomic mass is 10.1. The van der Waals surface area contributed by atoms with E-state index in [1.165, 1.54) is 13.2 Å². The highest BCUT2D eigenvalue weighted by Gasteiger charge is 2.35. The number of ether oxygens (including phenoxy) is 1. The summed E-state index contributed by atoms with van der Waals surface area (Å²) in [5, 5.41) is 2.78. The summed E-state index contributed by atoms with van der Waals surface area (Å²) in [5.74, 6) is -2.30. The first-order chi connectivity index (χ1) is 14.5. The molecule has 0 saturated heterocycles. The van der Waals surface area contributed by atoms with Crippen LogP contribution in [0.4, 0.5) is 23.2 Å². The fourth-order valence-electron chi connectivity index (χ4n) is 3.47. The van der Waals surface area contributed by atoms with Gasteiger partial charge in [0.25, 0.3) is 5.91 Å². The summed E-state index contributed by atoms with van der Waals surface area (Å²) in [5.41, 5.74) is -0.332. The third-order valence-corrected chi connectivity index (χ3v) is 5.30. The summed E-state index contributed by atoms with van der Waals surface area (Å²) in [6, 6.07) is 5.20. The lowest BCUT2D eigenvalue weighted by molar-refractivity contribution is -0.140. The second-order valence-electron chi connectivity index (χ2n) is 7.22. The Labute approximate surface area is 180 Å². The summed E-state index contributed by atoms with van der Waals surface area (Å²) < 4.78 is 57.3. The largest absolute Gasteiger partial charge is 0.419 e. The average Bonchev–Trinajstić information content (AvgIpc) is 3.02. The van der Waals surface area contributed by atoms with Crippen molar-refractivity contribution < 1.29 is 31.9 Å². The minimum absolute atomic E-state index is 0.0126. The van der Waals surface area contributed by atoms with Gasteiger partial charge in [0.2, 0.25) is 5.91 Å². The molecule has 0 bridgehead atoms. The molecule has 10 heteroatoms. The van der Waals surface area contributed by atoms with Gasteiger partial charge in [-0.15, -0.1) is 0 Å². The third-order valence-electron chi connectivity index (χ3n) is 4.99. The van der Waals surface area contributed by atoms with E-state index in [2.05, 4.69) is 5.32 Å². The van der Waals surface area contributed by atoms with Crippen molar-refractivity contribution in [2.24, 2.45) is 0 Å². The van der Waals surface area contributed by atoms with Gasteiger partial charge in [-0.3, -0.25) is 9.59 Å². The van der Waals surface area contributed by atoms with Gasteiger partial charge in [-0.05, 0) is 36.8 Å². The van der Waals surface area contributed by atoms with Crippen LogP contribution in [0.2, 0.25) is 5.02 Å². The zero-order valence-corrected chi connectivity index (χ0v) is 17.4. The van der Waals surface area contributed by atoms with Crippen LogP contribution in [0.25, 0.3) is 0 Å².